The van der Waals surface area contributed by atoms with E-state index < -0.39 is 0 Å². The summed E-state index contributed by atoms with van der Waals surface area (Å²) in [6.07, 6.45) is 7.22. The summed E-state index contributed by atoms with van der Waals surface area (Å²) in [6.45, 7) is 7.54. The van der Waals surface area contributed by atoms with Crippen molar-refractivity contribution in [3.8, 4) is 0 Å². The van der Waals surface area contributed by atoms with Crippen LogP contribution in [0, 0.1) is 5.41 Å². The third-order valence-corrected chi connectivity index (χ3v) is 3.69. The number of hydrogen-bond acceptors (Lipinski definition) is 2. The maximum Gasteiger partial charge on any atom is 0.0662 e. The quantitative estimate of drug-likeness (QED) is 0.704. The van der Waals surface area contributed by atoms with E-state index in [0.29, 0.717) is 11.5 Å². The molecule has 1 saturated carbocycles. The molecular formula is C13H27NO. The summed E-state index contributed by atoms with van der Waals surface area (Å²) >= 11 is 0. The van der Waals surface area contributed by atoms with Crippen LogP contribution in [0.5, 0.6) is 0 Å². The Morgan fingerprint density at radius 2 is 2.07 bits per heavy atom. The molecule has 2 unspecified atom stereocenters. The molecule has 90 valence electrons. The van der Waals surface area contributed by atoms with E-state index in [-0.39, 0.29) is 6.10 Å². The van der Waals surface area contributed by atoms with Crippen LogP contribution in [-0.2, 0) is 0 Å². The second-order valence-electron chi connectivity index (χ2n) is 5.76. The van der Waals surface area contributed by atoms with Gasteiger partial charge in [0.2, 0.25) is 0 Å². The van der Waals surface area contributed by atoms with Crippen LogP contribution in [-0.4, -0.2) is 23.8 Å². The lowest BCUT2D eigenvalue weighted by Gasteiger charge is -2.22. The molecule has 0 amide bonds. The Bertz CT molecular complexity index is 179. The van der Waals surface area contributed by atoms with Crippen molar-refractivity contribution >= 4 is 0 Å². The van der Waals surface area contributed by atoms with E-state index in [9.17, 15) is 5.11 Å². The van der Waals surface area contributed by atoms with Crippen molar-refractivity contribution in [3.05, 3.63) is 0 Å². The Morgan fingerprint density at radius 3 is 2.73 bits per heavy atom. The summed E-state index contributed by atoms with van der Waals surface area (Å²) in [7, 11) is 0. The summed E-state index contributed by atoms with van der Waals surface area (Å²) in [6, 6.07) is 0.632. The van der Waals surface area contributed by atoms with Crippen molar-refractivity contribution < 1.29 is 5.11 Å². The van der Waals surface area contributed by atoms with Gasteiger partial charge in [-0.25, -0.2) is 0 Å². The standard InChI is InChI=1S/C13H27NO/c1-4-12(15)10-14-11-6-5-8-13(2,3)9-7-11/h11-12,14-15H,4-10H2,1-3H3. The van der Waals surface area contributed by atoms with Crippen LogP contribution < -0.4 is 5.32 Å². The van der Waals surface area contributed by atoms with Crippen LogP contribution in [0.4, 0.5) is 0 Å². The Kier molecular flexibility index (Phi) is 5.07. The minimum atomic E-state index is -0.165. The minimum Gasteiger partial charge on any atom is -0.392 e. The molecular weight excluding hydrogens is 186 g/mol. The molecule has 0 radical (unpaired) electrons. The van der Waals surface area contributed by atoms with Crippen LogP contribution in [0.2, 0.25) is 0 Å². The second kappa shape index (κ2) is 5.86. The zero-order chi connectivity index (χ0) is 11.3. The van der Waals surface area contributed by atoms with Gasteiger partial charge in [0.05, 0.1) is 6.10 Å². The van der Waals surface area contributed by atoms with E-state index >= 15 is 0 Å². The van der Waals surface area contributed by atoms with Gasteiger partial charge in [0, 0.05) is 12.6 Å². The highest BCUT2D eigenvalue weighted by Gasteiger charge is 2.24. The zero-order valence-corrected chi connectivity index (χ0v) is 10.6. The molecule has 1 fully saturated rings. The normalized spacial score (nSPS) is 28.4. The number of aliphatic hydroxyl groups excluding tert-OH is 1. The van der Waals surface area contributed by atoms with Crippen LogP contribution in [0.1, 0.15) is 59.3 Å². The highest BCUT2D eigenvalue weighted by atomic mass is 16.3. The minimum absolute atomic E-state index is 0.165. The van der Waals surface area contributed by atoms with Crippen LogP contribution in [0.25, 0.3) is 0 Å². The van der Waals surface area contributed by atoms with E-state index in [4.69, 9.17) is 0 Å². The molecule has 0 aromatic carbocycles. The van der Waals surface area contributed by atoms with Crippen LogP contribution in [0.3, 0.4) is 0 Å². The first kappa shape index (κ1) is 13.0. The first-order chi connectivity index (χ1) is 7.03. The second-order valence-corrected chi connectivity index (χ2v) is 5.76. The molecule has 15 heavy (non-hydrogen) atoms. The molecule has 0 heterocycles. The van der Waals surface area contributed by atoms with Gasteiger partial charge in [-0.05, 0) is 37.5 Å². The molecule has 2 N–H and O–H groups in total. The van der Waals surface area contributed by atoms with Gasteiger partial charge in [-0.15, -0.1) is 0 Å². The summed E-state index contributed by atoms with van der Waals surface area (Å²) < 4.78 is 0. The molecule has 1 aliphatic rings. The predicted molar refractivity (Wildman–Crippen MR) is 65.0 cm³/mol. The zero-order valence-electron chi connectivity index (χ0n) is 10.6. The SMILES string of the molecule is CCC(O)CNC1CCCC(C)(C)CC1. The Morgan fingerprint density at radius 1 is 1.33 bits per heavy atom. The molecule has 2 heteroatoms. The molecule has 0 aromatic rings. The maximum atomic E-state index is 9.50. The molecule has 0 aromatic heterocycles. The van der Waals surface area contributed by atoms with Gasteiger partial charge in [-0.1, -0.05) is 27.2 Å². The average molecular weight is 213 g/mol. The number of nitrogens with one attached hydrogen (secondary N) is 1. The van der Waals surface area contributed by atoms with Gasteiger partial charge >= 0.3 is 0 Å². The molecule has 1 rings (SSSR count). The third-order valence-electron chi connectivity index (χ3n) is 3.69. The maximum absolute atomic E-state index is 9.50. The monoisotopic (exact) mass is 213 g/mol. The van der Waals surface area contributed by atoms with E-state index in [2.05, 4.69) is 19.2 Å². The van der Waals surface area contributed by atoms with E-state index in [1.54, 1.807) is 0 Å². The van der Waals surface area contributed by atoms with Crippen molar-refractivity contribution in [1.82, 2.24) is 5.32 Å². The van der Waals surface area contributed by atoms with Crippen LogP contribution in [0.15, 0.2) is 0 Å². The number of hydrogen-bond donors (Lipinski definition) is 2. The van der Waals surface area contributed by atoms with Crippen molar-refractivity contribution in [2.24, 2.45) is 5.41 Å². The highest BCUT2D eigenvalue weighted by Crippen LogP contribution is 2.33. The lowest BCUT2D eigenvalue weighted by Crippen LogP contribution is -2.35. The lowest BCUT2D eigenvalue weighted by atomic mass is 9.85. The van der Waals surface area contributed by atoms with Crippen molar-refractivity contribution in [3.63, 3.8) is 0 Å². The highest BCUT2D eigenvalue weighted by molar-refractivity contribution is 4.80. The van der Waals surface area contributed by atoms with Gasteiger partial charge in [0.15, 0.2) is 0 Å². The van der Waals surface area contributed by atoms with Gasteiger partial charge in [-0.2, -0.15) is 0 Å². The average Bonchev–Trinajstić information content (AvgIpc) is 2.36. The Labute approximate surface area is 94.5 Å². The molecule has 0 bridgehead atoms. The first-order valence-electron chi connectivity index (χ1n) is 6.45. The fourth-order valence-electron chi connectivity index (χ4n) is 2.31. The summed E-state index contributed by atoms with van der Waals surface area (Å²) in [4.78, 5) is 0. The topological polar surface area (TPSA) is 32.3 Å². The fourth-order valence-corrected chi connectivity index (χ4v) is 2.31. The molecule has 2 nitrogen and oxygen atoms in total. The van der Waals surface area contributed by atoms with E-state index in [0.717, 1.165) is 13.0 Å². The fraction of sp³-hybridized carbons (Fsp3) is 1.00. The van der Waals surface area contributed by atoms with Crippen molar-refractivity contribution in [2.45, 2.75) is 71.4 Å². The Balaban J connectivity index is 2.26. The molecule has 2 atom stereocenters. The lowest BCUT2D eigenvalue weighted by molar-refractivity contribution is 0.161. The van der Waals surface area contributed by atoms with Gasteiger partial charge in [0.25, 0.3) is 0 Å². The van der Waals surface area contributed by atoms with Gasteiger partial charge in [-0.3, -0.25) is 0 Å². The smallest absolute Gasteiger partial charge is 0.0662 e. The van der Waals surface area contributed by atoms with Gasteiger partial charge in [0.1, 0.15) is 0 Å². The molecule has 0 spiro atoms. The summed E-state index contributed by atoms with van der Waals surface area (Å²) in [5.74, 6) is 0. The predicted octanol–water partition coefficient (Wildman–Crippen LogP) is 2.71. The molecule has 0 aliphatic heterocycles. The van der Waals surface area contributed by atoms with Gasteiger partial charge < -0.3 is 10.4 Å². The number of aliphatic hydroxyl groups is 1. The third kappa shape index (κ3) is 4.98. The van der Waals surface area contributed by atoms with Crippen molar-refractivity contribution in [2.75, 3.05) is 6.54 Å². The molecule has 0 saturated heterocycles. The Hall–Kier alpha value is -0.0800. The molecule has 1 aliphatic carbocycles. The van der Waals surface area contributed by atoms with E-state index in [1.807, 2.05) is 6.92 Å². The summed E-state index contributed by atoms with van der Waals surface area (Å²) in [5.41, 5.74) is 0.528. The van der Waals surface area contributed by atoms with Crippen LogP contribution >= 0.6 is 0 Å². The van der Waals surface area contributed by atoms with E-state index in [1.165, 1.54) is 32.1 Å². The number of rotatable bonds is 4. The largest absolute Gasteiger partial charge is 0.392 e. The van der Waals surface area contributed by atoms with Crippen molar-refractivity contribution in [1.29, 1.82) is 0 Å². The first-order valence-corrected chi connectivity index (χ1v) is 6.45. The summed E-state index contributed by atoms with van der Waals surface area (Å²) in [5, 5.41) is 13.0.